The molecule has 0 unspecified atom stereocenters. The van der Waals surface area contributed by atoms with Crippen LogP contribution in [0.1, 0.15) is 12.5 Å². The molecule has 2 rings (SSSR count). The zero-order chi connectivity index (χ0) is 15.2. The third-order valence-corrected chi connectivity index (χ3v) is 2.86. The standard InChI is InChI=1S/C13H16N6O2/c1-3-15-12-11(19(20)21)13(17-9-16-12)18(2)8-10-4-6-14-7-5-10/h4-7,9H,3,8H2,1-2H3,(H,15,16,17). The average Bonchev–Trinajstić information content (AvgIpc) is 2.48. The first kappa shape index (κ1) is 14.6. The summed E-state index contributed by atoms with van der Waals surface area (Å²) in [6.45, 7) is 2.89. The van der Waals surface area contributed by atoms with Gasteiger partial charge >= 0.3 is 5.69 Å². The molecular formula is C13H16N6O2. The Balaban J connectivity index is 2.34. The molecule has 110 valence electrons. The van der Waals surface area contributed by atoms with Crippen molar-refractivity contribution in [1.29, 1.82) is 0 Å². The van der Waals surface area contributed by atoms with E-state index in [-0.39, 0.29) is 17.3 Å². The molecule has 0 spiro atoms. The fraction of sp³-hybridized carbons (Fsp3) is 0.308. The van der Waals surface area contributed by atoms with Crippen molar-refractivity contribution in [3.8, 4) is 0 Å². The van der Waals surface area contributed by atoms with Gasteiger partial charge in [-0.15, -0.1) is 0 Å². The van der Waals surface area contributed by atoms with Gasteiger partial charge < -0.3 is 10.2 Å². The van der Waals surface area contributed by atoms with Crippen molar-refractivity contribution < 1.29 is 4.92 Å². The van der Waals surface area contributed by atoms with E-state index in [1.165, 1.54) is 6.33 Å². The van der Waals surface area contributed by atoms with E-state index in [4.69, 9.17) is 0 Å². The molecule has 0 bridgehead atoms. The largest absolute Gasteiger partial charge is 0.364 e. The summed E-state index contributed by atoms with van der Waals surface area (Å²) in [6, 6.07) is 3.71. The summed E-state index contributed by atoms with van der Waals surface area (Å²) in [5.41, 5.74) is 0.876. The minimum atomic E-state index is -0.462. The van der Waals surface area contributed by atoms with Crippen molar-refractivity contribution in [2.24, 2.45) is 0 Å². The highest BCUT2D eigenvalue weighted by Crippen LogP contribution is 2.31. The van der Waals surface area contributed by atoms with Crippen LogP contribution in [0.2, 0.25) is 0 Å². The third-order valence-electron chi connectivity index (χ3n) is 2.86. The summed E-state index contributed by atoms with van der Waals surface area (Å²) in [7, 11) is 1.76. The fourth-order valence-corrected chi connectivity index (χ4v) is 1.95. The summed E-state index contributed by atoms with van der Waals surface area (Å²) in [4.78, 5) is 24.5. The molecule has 2 aromatic heterocycles. The maximum Gasteiger partial charge on any atom is 0.353 e. The van der Waals surface area contributed by atoms with Crippen molar-refractivity contribution in [2.45, 2.75) is 13.5 Å². The van der Waals surface area contributed by atoms with E-state index in [1.54, 1.807) is 24.3 Å². The molecule has 2 aromatic rings. The maximum absolute atomic E-state index is 11.3. The Hall–Kier alpha value is -2.77. The molecule has 1 N–H and O–H groups in total. The molecule has 0 atom stereocenters. The monoisotopic (exact) mass is 288 g/mol. The van der Waals surface area contributed by atoms with Gasteiger partial charge in [-0.25, -0.2) is 9.97 Å². The minimum Gasteiger partial charge on any atom is -0.364 e. The number of nitrogens with one attached hydrogen (secondary N) is 1. The zero-order valence-corrected chi connectivity index (χ0v) is 11.9. The molecule has 0 aromatic carbocycles. The van der Waals surface area contributed by atoms with Crippen molar-refractivity contribution >= 4 is 17.3 Å². The van der Waals surface area contributed by atoms with Crippen LogP contribution in [0.5, 0.6) is 0 Å². The lowest BCUT2D eigenvalue weighted by Crippen LogP contribution is -2.20. The first-order valence-corrected chi connectivity index (χ1v) is 6.46. The first-order chi connectivity index (χ1) is 10.1. The van der Waals surface area contributed by atoms with E-state index in [1.807, 2.05) is 19.1 Å². The summed E-state index contributed by atoms with van der Waals surface area (Å²) in [5, 5.41) is 14.2. The smallest absolute Gasteiger partial charge is 0.353 e. The molecule has 0 aliphatic carbocycles. The van der Waals surface area contributed by atoms with Crippen LogP contribution in [0, 0.1) is 10.1 Å². The van der Waals surface area contributed by atoms with E-state index in [0.29, 0.717) is 13.1 Å². The van der Waals surface area contributed by atoms with E-state index < -0.39 is 4.92 Å². The van der Waals surface area contributed by atoms with E-state index >= 15 is 0 Å². The van der Waals surface area contributed by atoms with Crippen LogP contribution in [0.25, 0.3) is 0 Å². The van der Waals surface area contributed by atoms with Crippen LogP contribution >= 0.6 is 0 Å². The summed E-state index contributed by atoms with van der Waals surface area (Å²) >= 11 is 0. The molecule has 0 saturated heterocycles. The van der Waals surface area contributed by atoms with Gasteiger partial charge in [0, 0.05) is 32.5 Å². The highest BCUT2D eigenvalue weighted by atomic mass is 16.6. The number of anilines is 2. The Labute approximate surface area is 122 Å². The van der Waals surface area contributed by atoms with Crippen molar-refractivity contribution in [3.05, 3.63) is 46.5 Å². The van der Waals surface area contributed by atoms with Crippen LogP contribution in [0.15, 0.2) is 30.9 Å². The van der Waals surface area contributed by atoms with Crippen LogP contribution in [-0.2, 0) is 6.54 Å². The maximum atomic E-state index is 11.3. The molecule has 0 saturated carbocycles. The third kappa shape index (κ3) is 3.41. The van der Waals surface area contributed by atoms with Crippen LogP contribution in [0.4, 0.5) is 17.3 Å². The highest BCUT2D eigenvalue weighted by molar-refractivity contribution is 5.70. The van der Waals surface area contributed by atoms with Gasteiger partial charge in [-0.3, -0.25) is 15.1 Å². The molecule has 0 amide bonds. The highest BCUT2D eigenvalue weighted by Gasteiger charge is 2.25. The number of aromatic nitrogens is 3. The summed E-state index contributed by atoms with van der Waals surface area (Å²) in [5.74, 6) is 0.511. The zero-order valence-electron chi connectivity index (χ0n) is 11.9. The molecule has 0 radical (unpaired) electrons. The Morgan fingerprint density at radius 2 is 2.05 bits per heavy atom. The van der Waals surface area contributed by atoms with Crippen LogP contribution in [0.3, 0.4) is 0 Å². The van der Waals surface area contributed by atoms with E-state index in [0.717, 1.165) is 5.56 Å². The quantitative estimate of drug-likeness (QED) is 0.639. The lowest BCUT2D eigenvalue weighted by molar-refractivity contribution is -0.383. The minimum absolute atomic E-state index is 0.115. The molecule has 8 heteroatoms. The Morgan fingerprint density at radius 1 is 1.33 bits per heavy atom. The lowest BCUT2D eigenvalue weighted by Gasteiger charge is -2.18. The molecule has 0 aliphatic heterocycles. The first-order valence-electron chi connectivity index (χ1n) is 6.46. The topological polar surface area (TPSA) is 97.1 Å². The molecule has 21 heavy (non-hydrogen) atoms. The van der Waals surface area contributed by atoms with Crippen molar-refractivity contribution in [1.82, 2.24) is 15.0 Å². The lowest BCUT2D eigenvalue weighted by atomic mass is 10.2. The number of hydrogen-bond donors (Lipinski definition) is 1. The van der Waals surface area contributed by atoms with Crippen LogP contribution in [-0.4, -0.2) is 33.5 Å². The van der Waals surface area contributed by atoms with E-state index in [9.17, 15) is 10.1 Å². The molecule has 0 fully saturated rings. The molecule has 8 nitrogen and oxygen atoms in total. The summed E-state index contributed by atoms with van der Waals surface area (Å²) < 4.78 is 0. The number of nitro groups is 1. The molecule has 2 heterocycles. The van der Waals surface area contributed by atoms with Crippen molar-refractivity contribution in [2.75, 3.05) is 23.8 Å². The predicted molar refractivity (Wildman–Crippen MR) is 79.2 cm³/mol. The van der Waals surface area contributed by atoms with Gasteiger partial charge in [0.05, 0.1) is 4.92 Å². The Morgan fingerprint density at radius 3 is 2.67 bits per heavy atom. The van der Waals surface area contributed by atoms with Gasteiger partial charge in [-0.2, -0.15) is 0 Å². The number of hydrogen-bond acceptors (Lipinski definition) is 7. The SMILES string of the molecule is CCNc1ncnc(N(C)Cc2ccncc2)c1[N+](=O)[O-]. The van der Waals surface area contributed by atoms with Gasteiger partial charge in [0.1, 0.15) is 6.33 Å². The Bertz CT molecular complexity index is 619. The van der Waals surface area contributed by atoms with Crippen LogP contribution < -0.4 is 10.2 Å². The van der Waals surface area contributed by atoms with Gasteiger partial charge in [0.2, 0.25) is 11.6 Å². The number of nitrogens with zero attached hydrogens (tertiary/aromatic N) is 5. The van der Waals surface area contributed by atoms with Gasteiger partial charge in [0.15, 0.2) is 0 Å². The van der Waals surface area contributed by atoms with Gasteiger partial charge in [0.25, 0.3) is 0 Å². The normalized spacial score (nSPS) is 10.2. The fourth-order valence-electron chi connectivity index (χ4n) is 1.95. The number of pyridine rings is 1. The van der Waals surface area contributed by atoms with Gasteiger partial charge in [-0.1, -0.05) is 0 Å². The average molecular weight is 288 g/mol. The second-order valence-electron chi connectivity index (χ2n) is 4.39. The second kappa shape index (κ2) is 6.60. The molecule has 0 aliphatic rings. The number of rotatable bonds is 6. The van der Waals surface area contributed by atoms with Crippen molar-refractivity contribution in [3.63, 3.8) is 0 Å². The van der Waals surface area contributed by atoms with E-state index in [2.05, 4.69) is 20.3 Å². The second-order valence-corrected chi connectivity index (χ2v) is 4.39. The summed E-state index contributed by atoms with van der Waals surface area (Å²) in [6.07, 6.45) is 4.69. The molecular weight excluding hydrogens is 272 g/mol. The predicted octanol–water partition coefficient (Wildman–Crippen LogP) is 1.85. The Kier molecular flexibility index (Phi) is 4.60. The van der Waals surface area contributed by atoms with Gasteiger partial charge in [-0.05, 0) is 24.6 Å².